The lowest BCUT2D eigenvalue weighted by Crippen LogP contribution is -2.34. The Balaban J connectivity index is 2.11. The maximum Gasteiger partial charge on any atom is 0.340 e. The van der Waals surface area contributed by atoms with Gasteiger partial charge in [-0.3, -0.25) is 4.90 Å². The fraction of sp³-hybridized carbons (Fsp3) is 0.533. The van der Waals surface area contributed by atoms with Crippen LogP contribution in [0.15, 0.2) is 18.2 Å². The zero-order valence-corrected chi connectivity index (χ0v) is 11.8. The first-order chi connectivity index (χ1) is 9.56. The Morgan fingerprint density at radius 3 is 2.90 bits per heavy atom. The van der Waals surface area contributed by atoms with Crippen molar-refractivity contribution in [2.24, 2.45) is 5.92 Å². The van der Waals surface area contributed by atoms with E-state index in [2.05, 4.69) is 16.6 Å². The molecule has 1 aromatic carbocycles. The molecule has 1 fully saturated rings. The van der Waals surface area contributed by atoms with Gasteiger partial charge in [-0.15, -0.1) is 0 Å². The topological polar surface area (TPSA) is 49.8 Å². The van der Waals surface area contributed by atoms with E-state index in [1.807, 2.05) is 0 Å². The minimum atomic E-state index is -0.669. The van der Waals surface area contributed by atoms with Crippen molar-refractivity contribution < 1.29 is 19.0 Å². The van der Waals surface area contributed by atoms with Crippen LogP contribution < -0.4 is 0 Å². The molecule has 1 aliphatic heterocycles. The van der Waals surface area contributed by atoms with Gasteiger partial charge in [0.25, 0.3) is 0 Å². The van der Waals surface area contributed by atoms with E-state index in [9.17, 15) is 14.3 Å². The van der Waals surface area contributed by atoms with Gasteiger partial charge < -0.3 is 9.84 Å². The van der Waals surface area contributed by atoms with Crippen LogP contribution in [0.5, 0.6) is 0 Å². The van der Waals surface area contributed by atoms with Gasteiger partial charge in [0.15, 0.2) is 0 Å². The molecule has 1 aromatic rings. The van der Waals surface area contributed by atoms with Crippen LogP contribution in [0.3, 0.4) is 0 Å². The number of esters is 1. The molecule has 0 amide bonds. The molecule has 0 aromatic heterocycles. The Bertz CT molecular complexity index is 492. The molecule has 0 spiro atoms. The Kier molecular flexibility index (Phi) is 4.73. The summed E-state index contributed by atoms with van der Waals surface area (Å²) in [5, 5.41) is 9.41. The minimum Gasteiger partial charge on any atom is -0.465 e. The zero-order chi connectivity index (χ0) is 14.7. The van der Waals surface area contributed by atoms with E-state index >= 15 is 0 Å². The van der Waals surface area contributed by atoms with Crippen LogP contribution in [0, 0.1) is 11.7 Å². The third-order valence-corrected chi connectivity index (χ3v) is 4.01. The molecule has 1 heterocycles. The number of hydrogen-bond acceptors (Lipinski definition) is 4. The van der Waals surface area contributed by atoms with Crippen molar-refractivity contribution in [2.75, 3.05) is 20.3 Å². The summed E-state index contributed by atoms with van der Waals surface area (Å²) in [5.41, 5.74) is 0.743. The number of likely N-dealkylation sites (tertiary alicyclic amines) is 1. The van der Waals surface area contributed by atoms with E-state index in [0.717, 1.165) is 18.5 Å². The predicted octanol–water partition coefficient (Wildman–Crippen LogP) is 1.81. The third-order valence-electron chi connectivity index (χ3n) is 4.01. The fourth-order valence-electron chi connectivity index (χ4n) is 2.75. The maximum atomic E-state index is 13.8. The van der Waals surface area contributed by atoms with Crippen LogP contribution >= 0.6 is 0 Å². The van der Waals surface area contributed by atoms with Crippen molar-refractivity contribution in [2.45, 2.75) is 25.9 Å². The van der Waals surface area contributed by atoms with Gasteiger partial charge in [-0.2, -0.15) is 0 Å². The van der Waals surface area contributed by atoms with Crippen LogP contribution in [0.25, 0.3) is 0 Å². The molecule has 110 valence electrons. The molecule has 0 aliphatic carbocycles. The number of methoxy groups -OCH3 is 1. The van der Waals surface area contributed by atoms with Crippen molar-refractivity contribution in [3.63, 3.8) is 0 Å². The third kappa shape index (κ3) is 2.99. The molecular formula is C15H20FNO3. The molecule has 2 unspecified atom stereocenters. The van der Waals surface area contributed by atoms with E-state index in [-0.39, 0.29) is 18.2 Å². The minimum absolute atomic E-state index is 0.0512. The molecule has 5 heteroatoms. The lowest BCUT2D eigenvalue weighted by Gasteiger charge is -2.25. The summed E-state index contributed by atoms with van der Waals surface area (Å²) in [6.45, 7) is 3.70. The number of rotatable bonds is 4. The number of aliphatic hydroxyl groups is 1. The Morgan fingerprint density at radius 1 is 1.55 bits per heavy atom. The van der Waals surface area contributed by atoms with Gasteiger partial charge in [-0.1, -0.05) is 13.0 Å². The molecule has 0 radical (unpaired) electrons. The lowest BCUT2D eigenvalue weighted by atomic mass is 10.0. The molecule has 20 heavy (non-hydrogen) atoms. The average Bonchev–Trinajstić information content (AvgIpc) is 2.78. The summed E-state index contributed by atoms with van der Waals surface area (Å²) < 4.78 is 18.4. The van der Waals surface area contributed by atoms with Crippen molar-refractivity contribution in [3.8, 4) is 0 Å². The largest absolute Gasteiger partial charge is 0.465 e. The predicted molar refractivity (Wildman–Crippen MR) is 72.8 cm³/mol. The normalized spacial score (nSPS) is 23.0. The van der Waals surface area contributed by atoms with Crippen molar-refractivity contribution in [3.05, 3.63) is 35.1 Å². The molecule has 1 aliphatic rings. The molecule has 0 bridgehead atoms. The first kappa shape index (κ1) is 14.9. The highest BCUT2D eigenvalue weighted by Crippen LogP contribution is 2.25. The Labute approximate surface area is 118 Å². The number of benzene rings is 1. The van der Waals surface area contributed by atoms with Gasteiger partial charge in [0.2, 0.25) is 0 Å². The molecule has 2 atom stereocenters. The van der Waals surface area contributed by atoms with Crippen LogP contribution in [-0.4, -0.2) is 42.3 Å². The summed E-state index contributed by atoms with van der Waals surface area (Å²) in [5.74, 6) is -0.793. The number of halogens is 1. The van der Waals surface area contributed by atoms with Crippen molar-refractivity contribution >= 4 is 5.97 Å². The zero-order valence-electron chi connectivity index (χ0n) is 11.8. The highest BCUT2D eigenvalue weighted by molar-refractivity contribution is 5.89. The molecule has 0 saturated carbocycles. The van der Waals surface area contributed by atoms with Gasteiger partial charge in [0.1, 0.15) is 5.82 Å². The highest BCUT2D eigenvalue weighted by atomic mass is 19.1. The molecule has 2 rings (SSSR count). The van der Waals surface area contributed by atoms with E-state index in [1.165, 1.54) is 19.2 Å². The van der Waals surface area contributed by atoms with Gasteiger partial charge in [0.05, 0.1) is 19.3 Å². The number of aliphatic hydroxyl groups excluding tert-OH is 1. The van der Waals surface area contributed by atoms with Crippen LogP contribution in [0.1, 0.15) is 29.3 Å². The first-order valence-corrected chi connectivity index (χ1v) is 6.78. The van der Waals surface area contributed by atoms with Crippen LogP contribution in [0.2, 0.25) is 0 Å². The molecule has 4 nitrogen and oxygen atoms in total. The number of carbonyl (C=O) groups excluding carboxylic acids is 1. The summed E-state index contributed by atoms with van der Waals surface area (Å²) in [6, 6.07) is 4.67. The van der Waals surface area contributed by atoms with Gasteiger partial charge in [-0.05, 0) is 36.6 Å². The Morgan fingerprint density at radius 2 is 2.30 bits per heavy atom. The maximum absolute atomic E-state index is 13.8. The fourth-order valence-corrected chi connectivity index (χ4v) is 2.75. The number of nitrogens with zero attached hydrogens (tertiary/aromatic N) is 1. The summed E-state index contributed by atoms with van der Waals surface area (Å²) >= 11 is 0. The van der Waals surface area contributed by atoms with Crippen molar-refractivity contribution in [1.82, 2.24) is 4.90 Å². The SMILES string of the molecule is COC(=O)c1ccc(CN2CCC(C)C2CO)cc1F. The summed E-state index contributed by atoms with van der Waals surface area (Å²) in [6.07, 6.45) is 1.04. The van der Waals surface area contributed by atoms with Crippen LogP contribution in [-0.2, 0) is 11.3 Å². The standard InChI is InChI=1S/C15H20FNO3/c1-10-5-6-17(14(10)9-18)8-11-3-4-12(13(16)7-11)15(19)20-2/h3-4,7,10,14,18H,5-6,8-9H2,1-2H3. The smallest absolute Gasteiger partial charge is 0.340 e. The molecular weight excluding hydrogens is 261 g/mol. The van der Waals surface area contributed by atoms with E-state index < -0.39 is 11.8 Å². The van der Waals surface area contributed by atoms with Crippen molar-refractivity contribution in [1.29, 1.82) is 0 Å². The first-order valence-electron chi connectivity index (χ1n) is 6.78. The summed E-state index contributed by atoms with van der Waals surface area (Å²) in [4.78, 5) is 13.5. The second-order valence-electron chi connectivity index (χ2n) is 5.29. The molecule has 1 N–H and O–H groups in total. The van der Waals surface area contributed by atoms with E-state index in [4.69, 9.17) is 0 Å². The monoisotopic (exact) mass is 281 g/mol. The Hall–Kier alpha value is -1.46. The van der Waals surface area contributed by atoms with Gasteiger partial charge in [0, 0.05) is 12.6 Å². The van der Waals surface area contributed by atoms with Gasteiger partial charge >= 0.3 is 5.97 Å². The van der Waals surface area contributed by atoms with E-state index in [0.29, 0.717) is 12.5 Å². The number of carbonyl (C=O) groups is 1. The second-order valence-corrected chi connectivity index (χ2v) is 5.29. The molecule has 1 saturated heterocycles. The quantitative estimate of drug-likeness (QED) is 0.855. The average molecular weight is 281 g/mol. The highest BCUT2D eigenvalue weighted by Gasteiger charge is 2.30. The second kappa shape index (κ2) is 6.33. The summed E-state index contributed by atoms with van der Waals surface area (Å²) in [7, 11) is 1.23. The number of hydrogen-bond donors (Lipinski definition) is 1. The number of ether oxygens (including phenoxy) is 1. The van der Waals surface area contributed by atoms with Crippen LogP contribution in [0.4, 0.5) is 4.39 Å². The van der Waals surface area contributed by atoms with E-state index in [1.54, 1.807) is 6.07 Å². The van der Waals surface area contributed by atoms with Gasteiger partial charge in [-0.25, -0.2) is 9.18 Å². The lowest BCUT2D eigenvalue weighted by molar-refractivity contribution is 0.0595.